The molecule has 2 N–H and O–H groups in total. The van der Waals surface area contributed by atoms with Crippen LogP contribution in [0.5, 0.6) is 0 Å². The molecule has 0 spiro atoms. The van der Waals surface area contributed by atoms with E-state index in [0.717, 1.165) is 0 Å². The molecule has 1 unspecified atom stereocenters. The Kier molecular flexibility index (Phi) is 3.33. The molecular weight excluding hydrogens is 290 g/mol. The maximum Gasteiger partial charge on any atom is 0.270 e. The summed E-state index contributed by atoms with van der Waals surface area (Å²) in [7, 11) is 3.33. The van der Waals surface area contributed by atoms with Crippen LogP contribution in [0.1, 0.15) is 27.9 Å². The van der Waals surface area contributed by atoms with E-state index >= 15 is 0 Å². The molecule has 1 atom stereocenters. The van der Waals surface area contributed by atoms with Gasteiger partial charge in [0.1, 0.15) is 11.7 Å². The van der Waals surface area contributed by atoms with Gasteiger partial charge in [-0.3, -0.25) is 24.1 Å². The van der Waals surface area contributed by atoms with Gasteiger partial charge < -0.3 is 9.84 Å². The predicted molar refractivity (Wildman–Crippen MR) is 72.8 cm³/mol. The summed E-state index contributed by atoms with van der Waals surface area (Å²) in [6.45, 7) is 0. The van der Waals surface area contributed by atoms with Crippen LogP contribution >= 0.6 is 0 Å². The molecule has 3 rings (SSSR count). The van der Waals surface area contributed by atoms with E-state index in [2.05, 4.69) is 25.7 Å². The van der Waals surface area contributed by atoms with E-state index in [4.69, 9.17) is 4.52 Å². The molecule has 3 aromatic rings. The summed E-state index contributed by atoms with van der Waals surface area (Å²) >= 11 is 0. The highest BCUT2D eigenvalue weighted by molar-refractivity contribution is 5.92. The number of nitrogens with zero attached hydrogens (tertiary/aromatic N) is 5. The third-order valence-corrected chi connectivity index (χ3v) is 3.11. The minimum Gasteiger partial charge on any atom is -0.343 e. The Balaban J connectivity index is 1.92. The highest BCUT2D eigenvalue weighted by Crippen LogP contribution is 2.18. The number of aromatic amines is 1. The van der Waals surface area contributed by atoms with Crippen molar-refractivity contribution in [1.82, 2.24) is 35.0 Å². The lowest BCUT2D eigenvalue weighted by Gasteiger charge is -2.13. The van der Waals surface area contributed by atoms with Crippen LogP contribution in [0.2, 0.25) is 0 Å². The molecule has 0 aromatic carbocycles. The van der Waals surface area contributed by atoms with E-state index in [1.807, 2.05) is 0 Å². The molecule has 3 aromatic heterocycles. The van der Waals surface area contributed by atoms with Crippen LogP contribution in [0.3, 0.4) is 0 Å². The first kappa shape index (κ1) is 13.8. The van der Waals surface area contributed by atoms with Gasteiger partial charge >= 0.3 is 0 Å². The van der Waals surface area contributed by atoms with Crippen LogP contribution in [0.25, 0.3) is 0 Å². The zero-order valence-electron chi connectivity index (χ0n) is 11.8. The standard InChI is InChI=1S/C12H13N7O3/c1-18-5-7(4-14-18)10(11-13-6-22-17-11)15-12(21)8-3-9(20)16-19(8)2/h3-6,10H,1-2H3,(H,15,21)(H,16,20). The average Bonchev–Trinajstić information content (AvgIpc) is 3.18. The quantitative estimate of drug-likeness (QED) is 0.660. The van der Waals surface area contributed by atoms with Crippen molar-refractivity contribution < 1.29 is 9.32 Å². The number of amides is 1. The molecule has 0 radical (unpaired) electrons. The van der Waals surface area contributed by atoms with E-state index in [9.17, 15) is 9.59 Å². The Morgan fingerprint density at radius 2 is 2.27 bits per heavy atom. The number of hydrogen-bond acceptors (Lipinski definition) is 6. The number of carbonyl (C=O) groups is 1. The fourth-order valence-corrected chi connectivity index (χ4v) is 2.09. The van der Waals surface area contributed by atoms with Crippen molar-refractivity contribution in [3.8, 4) is 0 Å². The highest BCUT2D eigenvalue weighted by Gasteiger charge is 2.24. The summed E-state index contributed by atoms with van der Waals surface area (Å²) in [4.78, 5) is 27.6. The van der Waals surface area contributed by atoms with E-state index in [1.165, 1.54) is 17.1 Å². The van der Waals surface area contributed by atoms with Gasteiger partial charge in [-0.25, -0.2) is 0 Å². The smallest absolute Gasteiger partial charge is 0.270 e. The first-order chi connectivity index (χ1) is 10.5. The molecule has 0 saturated heterocycles. The van der Waals surface area contributed by atoms with Gasteiger partial charge in [0, 0.05) is 31.9 Å². The Hall–Kier alpha value is -3.17. The Morgan fingerprint density at radius 3 is 2.82 bits per heavy atom. The summed E-state index contributed by atoms with van der Waals surface area (Å²) in [6.07, 6.45) is 4.51. The van der Waals surface area contributed by atoms with Gasteiger partial charge in [0.2, 0.25) is 6.39 Å². The Bertz CT molecular complexity index is 842. The van der Waals surface area contributed by atoms with Crippen LogP contribution in [-0.4, -0.2) is 35.6 Å². The second-order valence-corrected chi connectivity index (χ2v) is 4.71. The summed E-state index contributed by atoms with van der Waals surface area (Å²) < 4.78 is 7.68. The molecule has 10 heteroatoms. The molecular formula is C12H13N7O3. The van der Waals surface area contributed by atoms with Crippen molar-refractivity contribution in [3.05, 3.63) is 52.3 Å². The predicted octanol–water partition coefficient (Wildman–Crippen LogP) is -0.651. The van der Waals surface area contributed by atoms with Crippen LogP contribution in [0.15, 0.2) is 34.2 Å². The van der Waals surface area contributed by atoms with Crippen molar-refractivity contribution in [2.45, 2.75) is 6.04 Å². The van der Waals surface area contributed by atoms with Crippen LogP contribution < -0.4 is 10.9 Å². The summed E-state index contributed by atoms with van der Waals surface area (Å²) in [6, 6.07) is 0.580. The second kappa shape index (κ2) is 5.31. The summed E-state index contributed by atoms with van der Waals surface area (Å²) in [5, 5.41) is 13.1. The number of nitrogens with one attached hydrogen (secondary N) is 2. The lowest BCUT2D eigenvalue weighted by atomic mass is 10.1. The number of H-pyrrole nitrogens is 1. The van der Waals surface area contributed by atoms with E-state index in [-0.39, 0.29) is 11.3 Å². The lowest BCUT2D eigenvalue weighted by molar-refractivity contribution is 0.0931. The molecule has 22 heavy (non-hydrogen) atoms. The third kappa shape index (κ3) is 2.53. The zero-order chi connectivity index (χ0) is 15.7. The fourth-order valence-electron chi connectivity index (χ4n) is 2.09. The molecule has 114 valence electrons. The molecule has 1 amide bonds. The number of rotatable bonds is 4. The van der Waals surface area contributed by atoms with Crippen molar-refractivity contribution in [2.24, 2.45) is 14.1 Å². The van der Waals surface area contributed by atoms with Crippen LogP contribution in [0.4, 0.5) is 0 Å². The van der Waals surface area contributed by atoms with Gasteiger partial charge in [-0.05, 0) is 0 Å². The topological polar surface area (TPSA) is 124 Å². The Morgan fingerprint density at radius 1 is 1.45 bits per heavy atom. The Labute approximate surface area is 123 Å². The molecule has 0 aliphatic carbocycles. The van der Waals surface area contributed by atoms with Crippen molar-refractivity contribution in [2.75, 3.05) is 0 Å². The maximum atomic E-state index is 12.4. The largest absolute Gasteiger partial charge is 0.343 e. The van der Waals surface area contributed by atoms with E-state index in [1.54, 1.807) is 31.2 Å². The van der Waals surface area contributed by atoms with E-state index in [0.29, 0.717) is 11.4 Å². The van der Waals surface area contributed by atoms with Gasteiger partial charge in [0.05, 0.1) is 6.20 Å². The summed E-state index contributed by atoms with van der Waals surface area (Å²) in [5.41, 5.74) is 0.533. The normalized spacial score (nSPS) is 12.3. The first-order valence-corrected chi connectivity index (χ1v) is 6.36. The van der Waals surface area contributed by atoms with Crippen molar-refractivity contribution >= 4 is 5.91 Å². The lowest BCUT2D eigenvalue weighted by Crippen LogP contribution is -2.31. The SMILES string of the molecule is Cn1cc(C(NC(=O)c2cc(=O)[nH]n2C)c2ncon2)cn1. The maximum absolute atomic E-state index is 12.4. The van der Waals surface area contributed by atoms with Crippen LogP contribution in [0, 0.1) is 0 Å². The van der Waals surface area contributed by atoms with Crippen LogP contribution in [-0.2, 0) is 14.1 Å². The number of aryl methyl sites for hydroxylation is 2. The molecule has 0 aliphatic heterocycles. The number of hydrogen-bond donors (Lipinski definition) is 2. The fraction of sp³-hybridized carbons (Fsp3) is 0.250. The van der Waals surface area contributed by atoms with Crippen molar-refractivity contribution in [1.29, 1.82) is 0 Å². The van der Waals surface area contributed by atoms with Gasteiger partial charge in [-0.2, -0.15) is 10.1 Å². The minimum atomic E-state index is -0.634. The zero-order valence-corrected chi connectivity index (χ0v) is 11.8. The molecule has 0 bridgehead atoms. The number of carbonyl (C=O) groups excluding carboxylic acids is 1. The average molecular weight is 303 g/mol. The second-order valence-electron chi connectivity index (χ2n) is 4.71. The number of aromatic nitrogens is 6. The molecule has 0 saturated carbocycles. The van der Waals surface area contributed by atoms with Crippen molar-refractivity contribution in [3.63, 3.8) is 0 Å². The third-order valence-electron chi connectivity index (χ3n) is 3.11. The minimum absolute atomic E-state index is 0.197. The first-order valence-electron chi connectivity index (χ1n) is 6.36. The van der Waals surface area contributed by atoms with Gasteiger partial charge in [0.25, 0.3) is 11.5 Å². The van der Waals surface area contributed by atoms with Gasteiger partial charge in [-0.15, -0.1) is 0 Å². The van der Waals surface area contributed by atoms with E-state index < -0.39 is 11.9 Å². The monoisotopic (exact) mass is 303 g/mol. The molecule has 0 fully saturated rings. The highest BCUT2D eigenvalue weighted by atomic mass is 16.5. The molecule has 10 nitrogen and oxygen atoms in total. The van der Waals surface area contributed by atoms with Gasteiger partial charge in [0.15, 0.2) is 5.82 Å². The molecule has 3 heterocycles. The molecule has 0 aliphatic rings. The van der Waals surface area contributed by atoms with Gasteiger partial charge in [-0.1, -0.05) is 5.16 Å². The summed E-state index contributed by atoms with van der Waals surface area (Å²) in [5.74, 6) is -0.151.